The van der Waals surface area contributed by atoms with Crippen LogP contribution in [0.5, 0.6) is 5.75 Å². The van der Waals surface area contributed by atoms with Crippen LogP contribution in [-0.2, 0) is 11.3 Å². The summed E-state index contributed by atoms with van der Waals surface area (Å²) in [4.78, 5) is 17.2. The molecular weight excluding hydrogens is 497 g/mol. The number of hydrogen-bond acceptors (Lipinski definition) is 7. The number of benzene rings is 2. The standard InChI is InChI=1S/C26H28FN5O2S2/c1-16(2)13-32-24(18(4)34-21-11-9-20(27)10-12-21)30-31-26(32)36-15-23(33)29-25-28-22(14-35-25)19-7-5-17(3)6-8-19/h5-12,14,16,18H,13,15H2,1-4H3,(H,28,29,33). The molecule has 0 radical (unpaired) electrons. The summed E-state index contributed by atoms with van der Waals surface area (Å²) in [5, 5.41) is 14.7. The van der Waals surface area contributed by atoms with E-state index in [0.717, 1.165) is 11.3 Å². The van der Waals surface area contributed by atoms with E-state index < -0.39 is 6.10 Å². The minimum absolute atomic E-state index is 0.166. The third kappa shape index (κ3) is 6.70. The topological polar surface area (TPSA) is 81.9 Å². The molecule has 188 valence electrons. The molecule has 0 saturated heterocycles. The molecule has 7 nitrogen and oxygen atoms in total. The molecule has 10 heteroatoms. The first kappa shape index (κ1) is 25.8. The number of amides is 1. The predicted molar refractivity (Wildman–Crippen MR) is 142 cm³/mol. The first-order valence-corrected chi connectivity index (χ1v) is 13.5. The number of aryl methyl sites for hydroxylation is 1. The molecule has 0 spiro atoms. The van der Waals surface area contributed by atoms with Crippen molar-refractivity contribution in [3.63, 3.8) is 0 Å². The Hall–Kier alpha value is -3.24. The fraction of sp³-hybridized carbons (Fsp3) is 0.308. The maximum Gasteiger partial charge on any atom is 0.236 e. The molecule has 4 aromatic rings. The first-order valence-electron chi connectivity index (χ1n) is 11.6. The number of carbonyl (C=O) groups excluding carboxylic acids is 1. The quantitative estimate of drug-likeness (QED) is 0.242. The van der Waals surface area contributed by atoms with E-state index in [4.69, 9.17) is 4.74 Å². The Bertz CT molecular complexity index is 1300. The van der Waals surface area contributed by atoms with Crippen molar-refractivity contribution in [1.29, 1.82) is 0 Å². The summed E-state index contributed by atoms with van der Waals surface area (Å²) >= 11 is 2.71. The molecule has 2 aromatic heterocycles. The van der Waals surface area contributed by atoms with Gasteiger partial charge >= 0.3 is 0 Å². The largest absolute Gasteiger partial charge is 0.483 e. The summed E-state index contributed by atoms with van der Waals surface area (Å²) < 4.78 is 21.2. The lowest BCUT2D eigenvalue weighted by atomic mass is 10.1. The van der Waals surface area contributed by atoms with Gasteiger partial charge in [-0.25, -0.2) is 9.37 Å². The Morgan fingerprint density at radius 2 is 1.83 bits per heavy atom. The molecule has 0 bridgehead atoms. The van der Waals surface area contributed by atoms with Crippen molar-refractivity contribution in [1.82, 2.24) is 19.7 Å². The normalized spacial score (nSPS) is 12.1. The number of ether oxygens (including phenoxy) is 1. The fourth-order valence-electron chi connectivity index (χ4n) is 3.49. The second kappa shape index (κ2) is 11.7. The summed E-state index contributed by atoms with van der Waals surface area (Å²) in [6.45, 7) is 8.79. The van der Waals surface area contributed by atoms with Crippen LogP contribution in [0.2, 0.25) is 0 Å². The van der Waals surface area contributed by atoms with Crippen molar-refractivity contribution in [2.45, 2.75) is 45.5 Å². The molecule has 0 aliphatic heterocycles. The minimum Gasteiger partial charge on any atom is -0.483 e. The van der Waals surface area contributed by atoms with E-state index >= 15 is 0 Å². The molecular formula is C26H28FN5O2S2. The molecule has 2 heterocycles. The van der Waals surface area contributed by atoms with Gasteiger partial charge in [0.15, 0.2) is 22.2 Å². The van der Waals surface area contributed by atoms with E-state index in [1.165, 1.54) is 40.8 Å². The van der Waals surface area contributed by atoms with Gasteiger partial charge in [-0.2, -0.15) is 0 Å². The summed E-state index contributed by atoms with van der Waals surface area (Å²) in [6.07, 6.45) is -0.402. The smallest absolute Gasteiger partial charge is 0.236 e. The zero-order chi connectivity index (χ0) is 25.7. The summed E-state index contributed by atoms with van der Waals surface area (Å²) in [7, 11) is 0. The maximum absolute atomic E-state index is 13.2. The van der Waals surface area contributed by atoms with Crippen LogP contribution in [0, 0.1) is 18.7 Å². The first-order chi connectivity index (χ1) is 17.3. The third-order valence-corrected chi connectivity index (χ3v) is 6.94. The molecule has 0 aliphatic rings. The molecule has 0 fully saturated rings. The number of halogens is 1. The Kier molecular flexibility index (Phi) is 8.37. The number of nitrogens with one attached hydrogen (secondary N) is 1. The molecule has 2 aromatic carbocycles. The highest BCUT2D eigenvalue weighted by atomic mass is 32.2. The molecule has 0 saturated carbocycles. The number of carbonyl (C=O) groups is 1. The van der Waals surface area contributed by atoms with Gasteiger partial charge < -0.3 is 14.6 Å². The van der Waals surface area contributed by atoms with Crippen LogP contribution in [0.15, 0.2) is 59.1 Å². The van der Waals surface area contributed by atoms with Crippen LogP contribution >= 0.6 is 23.1 Å². The van der Waals surface area contributed by atoms with Crippen LogP contribution < -0.4 is 10.1 Å². The monoisotopic (exact) mass is 525 g/mol. The number of thioether (sulfide) groups is 1. The average molecular weight is 526 g/mol. The second-order valence-corrected chi connectivity index (χ2v) is 10.6. The molecule has 1 unspecified atom stereocenters. The van der Waals surface area contributed by atoms with E-state index in [1.54, 1.807) is 12.1 Å². The van der Waals surface area contributed by atoms with Gasteiger partial charge in [-0.1, -0.05) is 55.4 Å². The highest BCUT2D eigenvalue weighted by Crippen LogP contribution is 2.27. The Morgan fingerprint density at radius 3 is 2.53 bits per heavy atom. The number of hydrogen-bond donors (Lipinski definition) is 1. The number of anilines is 1. The zero-order valence-electron chi connectivity index (χ0n) is 20.6. The lowest BCUT2D eigenvalue weighted by Crippen LogP contribution is -2.17. The maximum atomic E-state index is 13.2. The Balaban J connectivity index is 1.40. The Labute approximate surface area is 218 Å². The van der Waals surface area contributed by atoms with E-state index in [0.29, 0.717) is 34.3 Å². The number of thiazole rings is 1. The van der Waals surface area contributed by atoms with E-state index in [1.807, 2.05) is 48.1 Å². The van der Waals surface area contributed by atoms with Crippen molar-refractivity contribution >= 4 is 34.1 Å². The van der Waals surface area contributed by atoms with Crippen molar-refractivity contribution in [2.24, 2.45) is 5.92 Å². The third-order valence-electron chi connectivity index (χ3n) is 5.21. The second-order valence-electron chi connectivity index (χ2n) is 8.80. The summed E-state index contributed by atoms with van der Waals surface area (Å²) in [6, 6.07) is 14.0. The predicted octanol–water partition coefficient (Wildman–Crippen LogP) is 6.38. The van der Waals surface area contributed by atoms with E-state index in [2.05, 4.69) is 34.3 Å². The van der Waals surface area contributed by atoms with Crippen LogP contribution in [-0.4, -0.2) is 31.4 Å². The van der Waals surface area contributed by atoms with Gasteiger partial charge in [-0.15, -0.1) is 21.5 Å². The lowest BCUT2D eigenvalue weighted by Gasteiger charge is -2.17. The molecule has 4 rings (SSSR count). The summed E-state index contributed by atoms with van der Waals surface area (Å²) in [5.74, 6) is 1.22. The van der Waals surface area contributed by atoms with Crippen molar-refractivity contribution in [3.05, 3.63) is 71.1 Å². The number of rotatable bonds is 10. The highest BCUT2D eigenvalue weighted by molar-refractivity contribution is 7.99. The van der Waals surface area contributed by atoms with Crippen molar-refractivity contribution in [3.8, 4) is 17.0 Å². The van der Waals surface area contributed by atoms with Gasteiger partial charge in [0, 0.05) is 17.5 Å². The van der Waals surface area contributed by atoms with Crippen molar-refractivity contribution < 1.29 is 13.9 Å². The molecule has 1 N–H and O–H groups in total. The molecule has 1 amide bonds. The fourth-order valence-corrected chi connectivity index (χ4v) is 4.98. The van der Waals surface area contributed by atoms with Crippen molar-refractivity contribution in [2.75, 3.05) is 11.1 Å². The van der Waals surface area contributed by atoms with Crippen LogP contribution in [0.25, 0.3) is 11.3 Å². The van der Waals surface area contributed by atoms with Gasteiger partial charge in [0.2, 0.25) is 5.91 Å². The summed E-state index contributed by atoms with van der Waals surface area (Å²) in [5.41, 5.74) is 3.03. The van der Waals surface area contributed by atoms with Gasteiger partial charge in [0.05, 0.1) is 11.4 Å². The Morgan fingerprint density at radius 1 is 1.11 bits per heavy atom. The zero-order valence-corrected chi connectivity index (χ0v) is 22.2. The van der Waals surface area contributed by atoms with Crippen LogP contribution in [0.1, 0.15) is 38.3 Å². The lowest BCUT2D eigenvalue weighted by molar-refractivity contribution is -0.113. The van der Waals surface area contributed by atoms with Gasteiger partial charge in [0.1, 0.15) is 11.6 Å². The van der Waals surface area contributed by atoms with Crippen LogP contribution in [0.3, 0.4) is 0 Å². The number of aromatic nitrogens is 4. The van der Waals surface area contributed by atoms with Gasteiger partial charge in [-0.05, 0) is 44.0 Å². The van der Waals surface area contributed by atoms with Crippen LogP contribution in [0.4, 0.5) is 9.52 Å². The molecule has 1 atom stereocenters. The molecule has 36 heavy (non-hydrogen) atoms. The van der Waals surface area contributed by atoms with E-state index in [-0.39, 0.29) is 17.5 Å². The SMILES string of the molecule is Cc1ccc(-c2csc(NC(=O)CSc3nnc(C(C)Oc4ccc(F)cc4)n3CC(C)C)n2)cc1. The average Bonchev–Trinajstić information content (AvgIpc) is 3.46. The number of nitrogens with zero attached hydrogens (tertiary/aromatic N) is 4. The molecule has 0 aliphatic carbocycles. The highest BCUT2D eigenvalue weighted by Gasteiger charge is 2.21. The van der Waals surface area contributed by atoms with Gasteiger partial charge in [-0.3, -0.25) is 4.79 Å². The minimum atomic E-state index is -0.402. The van der Waals surface area contributed by atoms with Gasteiger partial charge in [0.25, 0.3) is 0 Å². The van der Waals surface area contributed by atoms with E-state index in [9.17, 15) is 9.18 Å².